The fourth-order valence-corrected chi connectivity index (χ4v) is 2.99. The Kier molecular flexibility index (Phi) is 5.13. The monoisotopic (exact) mass is 337 g/mol. The smallest absolute Gasteiger partial charge is 0.151 e. The van der Waals surface area contributed by atoms with Gasteiger partial charge in [0.05, 0.1) is 0 Å². The van der Waals surface area contributed by atoms with E-state index in [0.717, 1.165) is 27.4 Å². The highest BCUT2D eigenvalue weighted by Crippen LogP contribution is 2.30. The molecule has 0 bridgehead atoms. The Bertz CT molecular complexity index is 834. The number of carbonyl (C=O) groups is 1. The molecule has 0 fully saturated rings. The zero-order chi connectivity index (χ0) is 16.8. The lowest BCUT2D eigenvalue weighted by molar-refractivity contribution is 0.112. The van der Waals surface area contributed by atoms with Gasteiger partial charge in [0.15, 0.2) is 6.29 Å². The molecule has 0 radical (unpaired) electrons. The third-order valence-electron chi connectivity index (χ3n) is 3.31. The number of hydrogen-bond donors (Lipinski definition) is 1. The molecular formula is C19H15NO3S. The van der Waals surface area contributed by atoms with E-state index >= 15 is 0 Å². The average molecular weight is 337 g/mol. The summed E-state index contributed by atoms with van der Waals surface area (Å²) in [5.74, 6) is 0.967. The predicted octanol–water partition coefficient (Wildman–Crippen LogP) is 4.33. The van der Waals surface area contributed by atoms with Crippen LogP contribution in [0.15, 0.2) is 76.8 Å². The Morgan fingerprint density at radius 3 is 2.71 bits per heavy atom. The molecule has 24 heavy (non-hydrogen) atoms. The number of rotatable bonds is 6. The minimum Gasteiger partial charge on any atom is -0.508 e. The van der Waals surface area contributed by atoms with Crippen molar-refractivity contribution in [1.82, 2.24) is 4.98 Å². The topological polar surface area (TPSA) is 59.4 Å². The van der Waals surface area contributed by atoms with Crippen LogP contribution >= 0.6 is 11.8 Å². The molecule has 1 heterocycles. The summed E-state index contributed by atoms with van der Waals surface area (Å²) < 4.78 is 5.71. The number of aldehydes is 1. The number of aromatic hydroxyl groups is 1. The van der Waals surface area contributed by atoms with Crippen molar-refractivity contribution in [2.24, 2.45) is 0 Å². The van der Waals surface area contributed by atoms with E-state index in [1.165, 1.54) is 11.8 Å². The molecule has 0 aliphatic rings. The Morgan fingerprint density at radius 1 is 1.12 bits per heavy atom. The number of hydrogen-bond acceptors (Lipinski definition) is 5. The van der Waals surface area contributed by atoms with Crippen LogP contribution in [0.1, 0.15) is 15.9 Å². The van der Waals surface area contributed by atoms with Gasteiger partial charge in [0, 0.05) is 27.7 Å². The first-order valence-corrected chi connectivity index (χ1v) is 8.14. The van der Waals surface area contributed by atoms with Crippen molar-refractivity contribution < 1.29 is 14.6 Å². The number of phenols is 1. The fraction of sp³-hybridized carbons (Fsp3) is 0.0526. The summed E-state index contributed by atoms with van der Waals surface area (Å²) in [5.41, 5.74) is 1.53. The van der Waals surface area contributed by atoms with Crippen LogP contribution in [0.25, 0.3) is 0 Å². The number of nitrogens with zero attached hydrogens (tertiary/aromatic N) is 1. The molecule has 4 nitrogen and oxygen atoms in total. The molecule has 120 valence electrons. The quantitative estimate of drug-likeness (QED) is 0.678. The summed E-state index contributed by atoms with van der Waals surface area (Å²) >= 11 is 1.48. The second-order valence-electron chi connectivity index (χ2n) is 5.06. The number of benzene rings is 2. The van der Waals surface area contributed by atoms with Gasteiger partial charge in [0.25, 0.3) is 0 Å². The molecule has 5 heteroatoms. The predicted molar refractivity (Wildman–Crippen MR) is 92.6 cm³/mol. The first-order chi connectivity index (χ1) is 11.7. The molecule has 0 unspecified atom stereocenters. The lowest BCUT2D eigenvalue weighted by atomic mass is 10.2. The summed E-state index contributed by atoms with van der Waals surface area (Å²) in [5, 5.41) is 9.44. The standard InChI is InChI=1S/C19H15NO3S/c21-12-15-8-9-20-11-19(15)24-18-6-4-17(5-7-18)23-13-14-2-1-3-16(22)10-14/h1-12,22H,13H2. The van der Waals surface area contributed by atoms with Gasteiger partial charge in [0.2, 0.25) is 0 Å². The highest BCUT2D eigenvalue weighted by molar-refractivity contribution is 7.99. The maximum absolute atomic E-state index is 11.0. The largest absolute Gasteiger partial charge is 0.508 e. The van der Waals surface area contributed by atoms with Gasteiger partial charge in [-0.05, 0) is 48.0 Å². The number of aromatic nitrogens is 1. The lowest BCUT2D eigenvalue weighted by Crippen LogP contribution is -1.94. The number of carbonyl (C=O) groups excluding carboxylic acids is 1. The van der Waals surface area contributed by atoms with Crippen LogP contribution in [0.5, 0.6) is 11.5 Å². The molecule has 0 atom stereocenters. The van der Waals surface area contributed by atoms with Crippen LogP contribution < -0.4 is 4.74 Å². The van der Waals surface area contributed by atoms with Crippen molar-refractivity contribution >= 4 is 18.0 Å². The van der Waals surface area contributed by atoms with E-state index in [2.05, 4.69) is 4.98 Å². The molecule has 3 rings (SSSR count). The van der Waals surface area contributed by atoms with Crippen LogP contribution in [-0.4, -0.2) is 16.4 Å². The van der Waals surface area contributed by atoms with Gasteiger partial charge in [-0.25, -0.2) is 0 Å². The molecule has 0 amide bonds. The maximum atomic E-state index is 11.0. The molecule has 2 aromatic carbocycles. The minimum absolute atomic E-state index is 0.227. The Hall–Kier alpha value is -2.79. The molecule has 0 aliphatic heterocycles. The van der Waals surface area contributed by atoms with E-state index < -0.39 is 0 Å². The maximum Gasteiger partial charge on any atom is 0.151 e. The molecule has 0 aliphatic carbocycles. The summed E-state index contributed by atoms with van der Waals surface area (Å²) in [6, 6.07) is 16.3. The van der Waals surface area contributed by atoms with E-state index in [9.17, 15) is 9.90 Å². The first kappa shape index (κ1) is 16.1. The molecular weight excluding hydrogens is 322 g/mol. The average Bonchev–Trinajstić information content (AvgIpc) is 2.62. The van der Waals surface area contributed by atoms with Gasteiger partial charge in [0.1, 0.15) is 18.1 Å². The van der Waals surface area contributed by atoms with Crippen LogP contribution in [0, 0.1) is 0 Å². The SMILES string of the molecule is O=Cc1ccncc1Sc1ccc(OCc2cccc(O)c2)cc1. The normalized spacial score (nSPS) is 10.3. The third-order valence-corrected chi connectivity index (χ3v) is 4.38. The van der Waals surface area contributed by atoms with Crippen molar-refractivity contribution in [3.8, 4) is 11.5 Å². The molecule has 0 spiro atoms. The summed E-state index contributed by atoms with van der Waals surface area (Å²) in [6.07, 6.45) is 4.11. The number of pyridine rings is 1. The van der Waals surface area contributed by atoms with Gasteiger partial charge >= 0.3 is 0 Å². The number of ether oxygens (including phenoxy) is 1. The third kappa shape index (κ3) is 4.14. The summed E-state index contributed by atoms with van der Waals surface area (Å²) in [6.45, 7) is 0.388. The van der Waals surface area contributed by atoms with Gasteiger partial charge in [-0.15, -0.1) is 0 Å². The van der Waals surface area contributed by atoms with Crippen molar-refractivity contribution in [2.75, 3.05) is 0 Å². The lowest BCUT2D eigenvalue weighted by Gasteiger charge is -2.08. The second kappa shape index (κ2) is 7.66. The van der Waals surface area contributed by atoms with Crippen LogP contribution in [0.4, 0.5) is 0 Å². The van der Waals surface area contributed by atoms with Crippen LogP contribution in [-0.2, 0) is 6.61 Å². The van der Waals surface area contributed by atoms with E-state index in [4.69, 9.17) is 4.74 Å². The van der Waals surface area contributed by atoms with Crippen LogP contribution in [0.2, 0.25) is 0 Å². The zero-order valence-corrected chi connectivity index (χ0v) is 13.6. The van der Waals surface area contributed by atoms with Crippen molar-refractivity contribution in [2.45, 2.75) is 16.4 Å². The van der Waals surface area contributed by atoms with Gasteiger partial charge in [-0.1, -0.05) is 23.9 Å². The van der Waals surface area contributed by atoms with Crippen molar-refractivity contribution in [3.05, 3.63) is 78.1 Å². The highest BCUT2D eigenvalue weighted by Gasteiger charge is 2.04. The molecule has 1 N–H and O–H groups in total. The zero-order valence-electron chi connectivity index (χ0n) is 12.8. The van der Waals surface area contributed by atoms with Crippen molar-refractivity contribution in [1.29, 1.82) is 0 Å². The Balaban J connectivity index is 1.64. The molecule has 3 aromatic rings. The summed E-state index contributed by atoms with van der Waals surface area (Å²) in [7, 11) is 0. The molecule has 0 saturated heterocycles. The highest BCUT2D eigenvalue weighted by atomic mass is 32.2. The molecule has 0 saturated carbocycles. The fourth-order valence-electron chi connectivity index (χ4n) is 2.12. The number of phenolic OH excluding ortho intramolecular Hbond substituents is 1. The summed E-state index contributed by atoms with van der Waals surface area (Å²) in [4.78, 5) is 16.9. The van der Waals surface area contributed by atoms with E-state index in [1.807, 2.05) is 30.3 Å². The second-order valence-corrected chi connectivity index (χ2v) is 6.18. The van der Waals surface area contributed by atoms with Gasteiger partial charge < -0.3 is 9.84 Å². The molecule has 1 aromatic heterocycles. The van der Waals surface area contributed by atoms with Crippen LogP contribution in [0.3, 0.4) is 0 Å². The van der Waals surface area contributed by atoms with Gasteiger partial charge in [-0.3, -0.25) is 9.78 Å². The van der Waals surface area contributed by atoms with E-state index in [0.29, 0.717) is 12.2 Å². The minimum atomic E-state index is 0.227. The Morgan fingerprint density at radius 2 is 1.96 bits per heavy atom. The van der Waals surface area contributed by atoms with E-state index in [1.54, 1.807) is 36.7 Å². The Labute approximate surface area is 144 Å². The van der Waals surface area contributed by atoms with Crippen molar-refractivity contribution in [3.63, 3.8) is 0 Å². The van der Waals surface area contributed by atoms with E-state index in [-0.39, 0.29) is 5.75 Å². The van der Waals surface area contributed by atoms with Gasteiger partial charge in [-0.2, -0.15) is 0 Å². The first-order valence-electron chi connectivity index (χ1n) is 7.32.